The van der Waals surface area contributed by atoms with Crippen LogP contribution in [0.3, 0.4) is 0 Å². The van der Waals surface area contributed by atoms with Crippen LogP contribution in [0.4, 0.5) is 0 Å². The third kappa shape index (κ3) is 3.10. The second-order valence-corrected chi connectivity index (χ2v) is 5.58. The number of benzene rings is 1. The molecule has 2 heterocycles. The molecule has 1 aromatic carbocycles. The summed E-state index contributed by atoms with van der Waals surface area (Å²) in [6.45, 7) is 4.68. The number of ether oxygens (including phenoxy) is 2. The van der Waals surface area contributed by atoms with Gasteiger partial charge in [0.05, 0.1) is 25.4 Å². The van der Waals surface area contributed by atoms with Gasteiger partial charge in [0.25, 0.3) is 5.91 Å². The van der Waals surface area contributed by atoms with E-state index in [9.17, 15) is 4.79 Å². The molecular formula is C16H22N2O3. The average molecular weight is 290 g/mol. The highest BCUT2D eigenvalue weighted by Crippen LogP contribution is 2.24. The first kappa shape index (κ1) is 14.5. The van der Waals surface area contributed by atoms with Gasteiger partial charge >= 0.3 is 0 Å². The Morgan fingerprint density at radius 3 is 2.90 bits per heavy atom. The Hall–Kier alpha value is -1.43. The van der Waals surface area contributed by atoms with Gasteiger partial charge in [0.15, 0.2) is 0 Å². The topological polar surface area (TPSA) is 42.0 Å². The van der Waals surface area contributed by atoms with Crippen LogP contribution in [-0.4, -0.2) is 74.4 Å². The smallest absolute Gasteiger partial charge is 0.253 e. The highest BCUT2D eigenvalue weighted by atomic mass is 16.5. The van der Waals surface area contributed by atoms with Gasteiger partial charge in [-0.05, 0) is 12.1 Å². The summed E-state index contributed by atoms with van der Waals surface area (Å²) >= 11 is 0. The van der Waals surface area contributed by atoms with Crippen molar-refractivity contribution in [3.63, 3.8) is 0 Å². The lowest BCUT2D eigenvalue weighted by atomic mass is 10.1. The first-order valence-corrected chi connectivity index (χ1v) is 7.48. The van der Waals surface area contributed by atoms with Crippen molar-refractivity contribution >= 4 is 5.91 Å². The molecule has 5 heteroatoms. The molecule has 114 valence electrons. The number of morpholine rings is 1. The first-order valence-electron chi connectivity index (χ1n) is 7.48. The van der Waals surface area contributed by atoms with E-state index in [1.807, 2.05) is 35.2 Å². The van der Waals surface area contributed by atoms with Crippen molar-refractivity contribution in [1.29, 1.82) is 0 Å². The van der Waals surface area contributed by atoms with E-state index in [-0.39, 0.29) is 12.0 Å². The van der Waals surface area contributed by atoms with Gasteiger partial charge in [-0.25, -0.2) is 0 Å². The zero-order chi connectivity index (χ0) is 14.7. The molecule has 21 heavy (non-hydrogen) atoms. The van der Waals surface area contributed by atoms with Crippen LogP contribution in [-0.2, 0) is 9.47 Å². The van der Waals surface area contributed by atoms with Crippen LogP contribution in [0.15, 0.2) is 30.3 Å². The molecule has 0 aliphatic carbocycles. The van der Waals surface area contributed by atoms with Gasteiger partial charge in [0.1, 0.15) is 0 Å². The molecule has 2 atom stereocenters. The Bertz CT molecular complexity index is 480. The fraction of sp³-hybridized carbons (Fsp3) is 0.562. The monoisotopic (exact) mass is 290 g/mol. The average Bonchev–Trinajstić information content (AvgIpc) is 2.97. The first-order chi connectivity index (χ1) is 10.3. The molecule has 0 unspecified atom stereocenters. The second-order valence-electron chi connectivity index (χ2n) is 5.58. The van der Waals surface area contributed by atoms with E-state index in [1.165, 1.54) is 0 Å². The Morgan fingerprint density at radius 2 is 2.14 bits per heavy atom. The highest BCUT2D eigenvalue weighted by Gasteiger charge is 2.41. The van der Waals surface area contributed by atoms with Crippen molar-refractivity contribution in [1.82, 2.24) is 9.80 Å². The van der Waals surface area contributed by atoms with Gasteiger partial charge in [-0.2, -0.15) is 0 Å². The van der Waals surface area contributed by atoms with Crippen LogP contribution in [0.5, 0.6) is 0 Å². The quantitative estimate of drug-likeness (QED) is 0.825. The standard InChI is InChI=1S/C16H22N2O3/c1-20-9-7-17-8-10-21-15-12-18(11-14(15)17)16(19)13-5-3-2-4-6-13/h2-6,14-15H,7-12H2,1H3/t14-,15+/m0/s1. The second kappa shape index (κ2) is 6.56. The fourth-order valence-electron chi connectivity index (χ4n) is 3.17. The Balaban J connectivity index is 1.67. The maximum atomic E-state index is 12.5. The van der Waals surface area contributed by atoms with Crippen LogP contribution in [0.1, 0.15) is 10.4 Å². The van der Waals surface area contributed by atoms with Gasteiger partial charge in [0, 0.05) is 38.9 Å². The molecule has 0 bridgehead atoms. The largest absolute Gasteiger partial charge is 0.383 e. The van der Waals surface area contributed by atoms with Crippen molar-refractivity contribution in [3.05, 3.63) is 35.9 Å². The van der Waals surface area contributed by atoms with E-state index in [2.05, 4.69) is 4.90 Å². The molecule has 1 aromatic rings. The number of hydrogen-bond donors (Lipinski definition) is 0. The predicted molar refractivity (Wildman–Crippen MR) is 79.3 cm³/mol. The number of methoxy groups -OCH3 is 1. The molecule has 2 fully saturated rings. The van der Waals surface area contributed by atoms with E-state index in [0.717, 1.165) is 38.4 Å². The molecule has 0 radical (unpaired) electrons. The minimum Gasteiger partial charge on any atom is -0.383 e. The molecule has 0 aromatic heterocycles. The van der Waals surface area contributed by atoms with Crippen LogP contribution in [0.25, 0.3) is 0 Å². The van der Waals surface area contributed by atoms with Crippen molar-refractivity contribution in [2.75, 3.05) is 46.5 Å². The summed E-state index contributed by atoms with van der Waals surface area (Å²) < 4.78 is 11.0. The zero-order valence-corrected chi connectivity index (χ0v) is 12.4. The maximum absolute atomic E-state index is 12.5. The minimum absolute atomic E-state index is 0.0975. The van der Waals surface area contributed by atoms with Crippen LogP contribution in [0, 0.1) is 0 Å². The molecule has 3 rings (SSSR count). The lowest BCUT2D eigenvalue weighted by molar-refractivity contribution is -0.0526. The number of hydrogen-bond acceptors (Lipinski definition) is 4. The van der Waals surface area contributed by atoms with Gasteiger partial charge < -0.3 is 14.4 Å². The van der Waals surface area contributed by atoms with Crippen LogP contribution in [0.2, 0.25) is 0 Å². The maximum Gasteiger partial charge on any atom is 0.253 e. The van der Waals surface area contributed by atoms with Gasteiger partial charge in [-0.1, -0.05) is 18.2 Å². The molecule has 2 aliphatic heterocycles. The molecule has 5 nitrogen and oxygen atoms in total. The van der Waals surface area contributed by atoms with Crippen molar-refractivity contribution in [2.45, 2.75) is 12.1 Å². The Morgan fingerprint density at radius 1 is 1.33 bits per heavy atom. The summed E-state index contributed by atoms with van der Waals surface area (Å²) in [6, 6.07) is 9.76. The van der Waals surface area contributed by atoms with Crippen LogP contribution >= 0.6 is 0 Å². The van der Waals surface area contributed by atoms with Crippen molar-refractivity contribution in [3.8, 4) is 0 Å². The Kier molecular flexibility index (Phi) is 4.53. The molecule has 0 N–H and O–H groups in total. The summed E-state index contributed by atoms with van der Waals surface area (Å²) in [5, 5.41) is 0. The van der Waals surface area contributed by atoms with Gasteiger partial charge in [0.2, 0.25) is 0 Å². The number of likely N-dealkylation sites (tertiary alicyclic amines) is 1. The summed E-state index contributed by atoms with van der Waals surface area (Å²) in [6.07, 6.45) is 0.128. The number of carbonyl (C=O) groups excluding carboxylic acids is 1. The number of carbonyl (C=O) groups is 1. The third-order valence-electron chi connectivity index (χ3n) is 4.31. The number of fused-ring (bicyclic) bond motifs is 1. The van der Waals surface area contributed by atoms with E-state index < -0.39 is 0 Å². The molecule has 1 amide bonds. The number of amides is 1. The molecule has 2 saturated heterocycles. The lowest BCUT2D eigenvalue weighted by Gasteiger charge is -2.36. The SMILES string of the molecule is COCCN1CCO[C@@H]2CN(C(=O)c3ccccc3)C[C@@H]21. The van der Waals surface area contributed by atoms with Gasteiger partial charge in [-0.3, -0.25) is 9.69 Å². The van der Waals surface area contributed by atoms with Gasteiger partial charge in [-0.15, -0.1) is 0 Å². The lowest BCUT2D eigenvalue weighted by Crippen LogP contribution is -2.51. The van der Waals surface area contributed by atoms with E-state index >= 15 is 0 Å². The Labute approximate surface area is 125 Å². The molecule has 0 saturated carbocycles. The summed E-state index contributed by atoms with van der Waals surface area (Å²) in [5.74, 6) is 0.0975. The molecule has 0 spiro atoms. The van der Waals surface area contributed by atoms with E-state index in [0.29, 0.717) is 12.6 Å². The minimum atomic E-state index is 0.0975. The normalized spacial score (nSPS) is 25.9. The highest BCUT2D eigenvalue weighted by molar-refractivity contribution is 5.94. The van der Waals surface area contributed by atoms with Crippen molar-refractivity contribution < 1.29 is 14.3 Å². The van der Waals surface area contributed by atoms with E-state index in [1.54, 1.807) is 7.11 Å². The fourth-order valence-corrected chi connectivity index (χ4v) is 3.17. The zero-order valence-electron chi connectivity index (χ0n) is 12.4. The summed E-state index contributed by atoms with van der Waals surface area (Å²) in [5.41, 5.74) is 0.750. The predicted octanol–water partition coefficient (Wildman–Crippen LogP) is 0.858. The number of nitrogens with zero attached hydrogens (tertiary/aromatic N) is 2. The third-order valence-corrected chi connectivity index (χ3v) is 4.31. The van der Waals surface area contributed by atoms with Crippen LogP contribution < -0.4 is 0 Å². The van der Waals surface area contributed by atoms with Crippen molar-refractivity contribution in [2.24, 2.45) is 0 Å². The van der Waals surface area contributed by atoms with E-state index in [4.69, 9.17) is 9.47 Å². The number of rotatable bonds is 4. The summed E-state index contributed by atoms with van der Waals surface area (Å²) in [7, 11) is 1.72. The molecule has 2 aliphatic rings. The molecular weight excluding hydrogens is 268 g/mol. The summed E-state index contributed by atoms with van der Waals surface area (Å²) in [4.78, 5) is 16.8.